The van der Waals surface area contributed by atoms with E-state index in [1.807, 2.05) is 6.92 Å². The Labute approximate surface area is 114 Å². The number of hydrogen-bond donors (Lipinski definition) is 1. The molecule has 18 heavy (non-hydrogen) atoms. The van der Waals surface area contributed by atoms with Crippen LogP contribution in [0.5, 0.6) is 0 Å². The Hall–Kier alpha value is -0.920. The lowest BCUT2D eigenvalue weighted by atomic mass is 10.3. The summed E-state index contributed by atoms with van der Waals surface area (Å²) in [5, 5.41) is 13.5. The highest BCUT2D eigenvalue weighted by Crippen LogP contribution is 2.13. The van der Waals surface area contributed by atoms with E-state index < -0.39 is 12.3 Å². The second kappa shape index (κ2) is 7.50. The minimum Gasteiger partial charge on any atom is -0.464 e. The molecule has 1 aromatic rings. The fourth-order valence-corrected chi connectivity index (χ4v) is 1.92. The maximum absolute atomic E-state index is 11.5. The molecule has 0 aliphatic carbocycles. The molecule has 1 heterocycles. The number of carbonyl (C=O) groups excluding carboxylic acids is 1. The highest BCUT2D eigenvalue weighted by Gasteiger charge is 2.15. The SMILES string of the molecule is CCOC(O)CCCn1nc(Br)cc1C(=O)OC. The Bertz CT molecular complexity index is 394. The first-order chi connectivity index (χ1) is 8.58. The summed E-state index contributed by atoms with van der Waals surface area (Å²) < 4.78 is 11.8. The van der Waals surface area contributed by atoms with Gasteiger partial charge in [-0.2, -0.15) is 5.10 Å². The number of halogens is 1. The van der Waals surface area contributed by atoms with Crippen LogP contribution in [0.1, 0.15) is 30.3 Å². The van der Waals surface area contributed by atoms with Crippen LogP contribution in [-0.4, -0.2) is 40.9 Å². The average molecular weight is 321 g/mol. The molecule has 0 aliphatic heterocycles. The van der Waals surface area contributed by atoms with Crippen LogP contribution in [0, 0.1) is 0 Å². The number of aryl methyl sites for hydroxylation is 1. The molecule has 0 saturated heterocycles. The number of aromatic nitrogens is 2. The molecule has 0 aliphatic rings. The van der Waals surface area contributed by atoms with Crippen molar-refractivity contribution in [1.29, 1.82) is 0 Å². The zero-order chi connectivity index (χ0) is 13.5. The van der Waals surface area contributed by atoms with Crippen molar-refractivity contribution in [3.63, 3.8) is 0 Å². The van der Waals surface area contributed by atoms with Gasteiger partial charge in [0.1, 0.15) is 10.3 Å². The molecule has 6 nitrogen and oxygen atoms in total. The molecule has 1 unspecified atom stereocenters. The van der Waals surface area contributed by atoms with Gasteiger partial charge in [0.05, 0.1) is 7.11 Å². The third-order valence-electron chi connectivity index (χ3n) is 2.32. The highest BCUT2D eigenvalue weighted by atomic mass is 79.9. The van der Waals surface area contributed by atoms with Crippen LogP contribution in [0.25, 0.3) is 0 Å². The van der Waals surface area contributed by atoms with Gasteiger partial charge < -0.3 is 14.6 Å². The quantitative estimate of drug-likeness (QED) is 0.609. The van der Waals surface area contributed by atoms with Crippen LogP contribution in [-0.2, 0) is 16.0 Å². The van der Waals surface area contributed by atoms with Gasteiger partial charge in [-0.1, -0.05) is 0 Å². The Morgan fingerprint density at radius 3 is 3.00 bits per heavy atom. The maximum atomic E-state index is 11.5. The molecule has 0 spiro atoms. The van der Waals surface area contributed by atoms with Crippen molar-refractivity contribution in [2.24, 2.45) is 0 Å². The summed E-state index contributed by atoms with van der Waals surface area (Å²) in [5.41, 5.74) is 0.385. The van der Waals surface area contributed by atoms with E-state index in [4.69, 9.17) is 4.74 Å². The second-order valence-electron chi connectivity index (χ2n) is 3.62. The maximum Gasteiger partial charge on any atom is 0.356 e. The largest absolute Gasteiger partial charge is 0.464 e. The van der Waals surface area contributed by atoms with E-state index in [0.29, 0.717) is 36.3 Å². The van der Waals surface area contributed by atoms with Crippen LogP contribution < -0.4 is 0 Å². The summed E-state index contributed by atoms with van der Waals surface area (Å²) in [6.07, 6.45) is 0.376. The van der Waals surface area contributed by atoms with Gasteiger partial charge in [-0.3, -0.25) is 4.68 Å². The predicted molar refractivity (Wildman–Crippen MR) is 68.1 cm³/mol. The zero-order valence-corrected chi connectivity index (χ0v) is 12.0. The van der Waals surface area contributed by atoms with Crippen molar-refractivity contribution < 1.29 is 19.4 Å². The lowest BCUT2D eigenvalue weighted by Gasteiger charge is -2.10. The molecule has 102 valence electrons. The fraction of sp³-hybridized carbons (Fsp3) is 0.636. The van der Waals surface area contributed by atoms with E-state index in [1.165, 1.54) is 7.11 Å². The summed E-state index contributed by atoms with van der Waals surface area (Å²) in [6, 6.07) is 1.60. The van der Waals surface area contributed by atoms with Gasteiger partial charge in [-0.15, -0.1) is 0 Å². The molecule has 0 saturated carbocycles. The van der Waals surface area contributed by atoms with Gasteiger partial charge in [0.25, 0.3) is 0 Å². The molecule has 1 N–H and O–H groups in total. The summed E-state index contributed by atoms with van der Waals surface area (Å²) in [7, 11) is 1.33. The minimum absolute atomic E-state index is 0.385. The van der Waals surface area contributed by atoms with Crippen molar-refractivity contribution in [2.75, 3.05) is 13.7 Å². The van der Waals surface area contributed by atoms with Gasteiger partial charge in [0, 0.05) is 19.2 Å². The average Bonchev–Trinajstić information content (AvgIpc) is 2.70. The Morgan fingerprint density at radius 2 is 2.39 bits per heavy atom. The van der Waals surface area contributed by atoms with Crippen molar-refractivity contribution >= 4 is 21.9 Å². The number of nitrogens with zero attached hydrogens (tertiary/aromatic N) is 2. The molecule has 1 aromatic heterocycles. The van der Waals surface area contributed by atoms with Gasteiger partial charge in [0.2, 0.25) is 0 Å². The number of ether oxygens (including phenoxy) is 2. The van der Waals surface area contributed by atoms with Gasteiger partial charge in [0.15, 0.2) is 6.29 Å². The lowest BCUT2D eigenvalue weighted by Crippen LogP contribution is -2.15. The number of methoxy groups -OCH3 is 1. The monoisotopic (exact) mass is 320 g/mol. The number of carbonyl (C=O) groups is 1. The molecule has 7 heteroatoms. The standard InChI is InChI=1S/C11H17BrN2O4/c1-3-18-10(15)5-4-6-14-8(11(16)17-2)7-9(12)13-14/h7,10,15H,3-6H2,1-2H3. The molecule has 0 aromatic carbocycles. The summed E-state index contributed by atoms with van der Waals surface area (Å²) >= 11 is 3.21. The molecule has 0 radical (unpaired) electrons. The smallest absolute Gasteiger partial charge is 0.356 e. The summed E-state index contributed by atoms with van der Waals surface area (Å²) in [5.74, 6) is -0.432. The van der Waals surface area contributed by atoms with Crippen LogP contribution in [0.3, 0.4) is 0 Å². The molecule has 0 amide bonds. The molecule has 1 rings (SSSR count). The van der Waals surface area contributed by atoms with Crippen LogP contribution >= 0.6 is 15.9 Å². The molecular weight excluding hydrogens is 304 g/mol. The number of rotatable bonds is 7. The van der Waals surface area contributed by atoms with Gasteiger partial charge in [-0.05, 0) is 35.7 Å². The number of hydrogen-bond acceptors (Lipinski definition) is 5. The van der Waals surface area contributed by atoms with E-state index in [9.17, 15) is 9.90 Å². The van der Waals surface area contributed by atoms with Crippen LogP contribution in [0.2, 0.25) is 0 Å². The second-order valence-corrected chi connectivity index (χ2v) is 4.43. The van der Waals surface area contributed by atoms with Crippen molar-refractivity contribution in [2.45, 2.75) is 32.6 Å². The number of aliphatic hydroxyl groups excluding tert-OH is 1. The van der Waals surface area contributed by atoms with E-state index in [1.54, 1.807) is 10.7 Å². The Balaban J connectivity index is 2.54. The third-order valence-corrected chi connectivity index (χ3v) is 2.71. The van der Waals surface area contributed by atoms with Crippen LogP contribution in [0.4, 0.5) is 0 Å². The normalized spacial score (nSPS) is 12.4. The topological polar surface area (TPSA) is 73.6 Å². The molecule has 1 atom stereocenters. The van der Waals surface area contributed by atoms with E-state index >= 15 is 0 Å². The summed E-state index contributed by atoms with van der Waals surface area (Å²) in [4.78, 5) is 11.5. The van der Waals surface area contributed by atoms with E-state index in [2.05, 4.69) is 25.8 Å². The Morgan fingerprint density at radius 1 is 1.67 bits per heavy atom. The van der Waals surface area contributed by atoms with Gasteiger partial charge >= 0.3 is 5.97 Å². The van der Waals surface area contributed by atoms with Crippen molar-refractivity contribution in [3.05, 3.63) is 16.4 Å². The molecule has 0 bridgehead atoms. The predicted octanol–water partition coefficient (Wildman–Crippen LogP) is 1.57. The van der Waals surface area contributed by atoms with Crippen molar-refractivity contribution in [3.8, 4) is 0 Å². The molecule has 0 fully saturated rings. The molecular formula is C11H17BrN2O4. The third kappa shape index (κ3) is 4.40. The lowest BCUT2D eigenvalue weighted by molar-refractivity contribution is -0.0996. The van der Waals surface area contributed by atoms with Crippen molar-refractivity contribution in [1.82, 2.24) is 9.78 Å². The zero-order valence-electron chi connectivity index (χ0n) is 10.4. The Kier molecular flexibility index (Phi) is 6.31. The number of esters is 1. The minimum atomic E-state index is -0.768. The fourth-order valence-electron chi connectivity index (χ4n) is 1.52. The first kappa shape index (κ1) is 15.1. The van der Waals surface area contributed by atoms with Crippen LogP contribution in [0.15, 0.2) is 10.7 Å². The first-order valence-electron chi connectivity index (χ1n) is 5.69. The number of aliphatic hydroxyl groups is 1. The van der Waals surface area contributed by atoms with E-state index in [0.717, 1.165) is 0 Å². The van der Waals surface area contributed by atoms with E-state index in [-0.39, 0.29) is 0 Å². The highest BCUT2D eigenvalue weighted by molar-refractivity contribution is 9.10. The van der Waals surface area contributed by atoms with Gasteiger partial charge in [-0.25, -0.2) is 4.79 Å². The summed E-state index contributed by atoms with van der Waals surface area (Å²) in [6.45, 7) is 2.81. The first-order valence-corrected chi connectivity index (χ1v) is 6.49.